The molecule has 0 bridgehead atoms. The topological polar surface area (TPSA) is 78.6 Å². The summed E-state index contributed by atoms with van der Waals surface area (Å²) in [5.41, 5.74) is 4.76. The summed E-state index contributed by atoms with van der Waals surface area (Å²) < 4.78 is 27.2. The molecule has 0 saturated carbocycles. The summed E-state index contributed by atoms with van der Waals surface area (Å²) in [7, 11) is 0. The predicted molar refractivity (Wildman–Crippen MR) is 73.5 cm³/mol. The van der Waals surface area contributed by atoms with Gasteiger partial charge in [0.05, 0.1) is 11.7 Å². The molecule has 1 aliphatic heterocycles. The van der Waals surface area contributed by atoms with E-state index >= 15 is 0 Å². The van der Waals surface area contributed by atoms with E-state index in [0.717, 1.165) is 12.1 Å². The van der Waals surface area contributed by atoms with E-state index < -0.39 is 23.8 Å². The molecule has 0 aliphatic carbocycles. The highest BCUT2D eigenvalue weighted by Gasteiger charge is 2.24. The number of rotatable bonds is 4. The smallest absolute Gasteiger partial charge is 0.312 e. The Labute approximate surface area is 121 Å². The first-order valence-corrected chi connectivity index (χ1v) is 6.87. The average molecular weight is 299 g/mol. The predicted octanol–water partition coefficient (Wildman–Crippen LogP) is 1.13. The average Bonchev–Trinajstić information content (AvgIpc) is 2.40. The molecule has 1 aliphatic rings. The van der Waals surface area contributed by atoms with Gasteiger partial charge in [-0.05, 0) is 25.0 Å². The van der Waals surface area contributed by atoms with Crippen LogP contribution in [0.1, 0.15) is 24.5 Å². The third kappa shape index (κ3) is 4.12. The second kappa shape index (κ2) is 6.82. The van der Waals surface area contributed by atoms with Crippen LogP contribution in [0.15, 0.2) is 18.2 Å². The number of carbonyl (C=O) groups excluding carboxylic acids is 1. The third-order valence-electron chi connectivity index (χ3n) is 3.70. The lowest BCUT2D eigenvalue weighted by Crippen LogP contribution is -2.47. The Bertz CT molecular complexity index is 485. The number of nitrogens with one attached hydrogen (secondary N) is 1. The number of β-amino-alcohol motifs (C(OH)–C–C–N with tert-alkyl or cyclic N) is 1. The molecular weight excluding hydrogens is 280 g/mol. The number of aliphatic hydroxyl groups excluding tert-OH is 1. The molecule has 0 aromatic heterocycles. The fourth-order valence-electron chi connectivity index (χ4n) is 2.63. The van der Waals surface area contributed by atoms with Gasteiger partial charge < -0.3 is 21.1 Å². The number of piperidine rings is 1. The molecule has 1 saturated heterocycles. The molecule has 0 spiro atoms. The van der Waals surface area contributed by atoms with E-state index in [-0.39, 0.29) is 18.2 Å². The number of carbonyl (C=O) groups is 1. The van der Waals surface area contributed by atoms with E-state index in [1.807, 2.05) is 4.90 Å². The van der Waals surface area contributed by atoms with E-state index in [1.54, 1.807) is 0 Å². The van der Waals surface area contributed by atoms with Crippen molar-refractivity contribution in [1.82, 2.24) is 10.2 Å². The third-order valence-corrected chi connectivity index (χ3v) is 3.70. The van der Waals surface area contributed by atoms with Gasteiger partial charge >= 0.3 is 6.03 Å². The van der Waals surface area contributed by atoms with Crippen LogP contribution in [-0.4, -0.2) is 41.7 Å². The van der Waals surface area contributed by atoms with Crippen molar-refractivity contribution < 1.29 is 18.7 Å². The molecule has 2 rings (SSSR count). The van der Waals surface area contributed by atoms with Gasteiger partial charge in [0.2, 0.25) is 0 Å². The lowest BCUT2D eigenvalue weighted by Gasteiger charge is -2.33. The van der Waals surface area contributed by atoms with Gasteiger partial charge in [0.1, 0.15) is 11.6 Å². The van der Waals surface area contributed by atoms with E-state index in [0.29, 0.717) is 25.9 Å². The Morgan fingerprint density at radius 3 is 2.48 bits per heavy atom. The molecule has 21 heavy (non-hydrogen) atoms. The summed E-state index contributed by atoms with van der Waals surface area (Å²) in [4.78, 5) is 12.7. The number of urea groups is 1. The van der Waals surface area contributed by atoms with Crippen molar-refractivity contribution in [1.29, 1.82) is 0 Å². The molecule has 5 nitrogen and oxygen atoms in total. The summed E-state index contributed by atoms with van der Waals surface area (Å²) in [5.74, 6) is -1.49. The molecule has 1 aromatic carbocycles. The number of hydrogen-bond acceptors (Lipinski definition) is 3. The normalized spacial score (nSPS) is 18.4. The number of halogens is 2. The minimum Gasteiger partial charge on any atom is -0.387 e. The van der Waals surface area contributed by atoms with Gasteiger partial charge in [-0.2, -0.15) is 0 Å². The Balaban J connectivity index is 1.90. The maximum Gasteiger partial charge on any atom is 0.312 e. The van der Waals surface area contributed by atoms with Crippen LogP contribution in [0.4, 0.5) is 13.6 Å². The van der Waals surface area contributed by atoms with Crippen molar-refractivity contribution in [3.05, 3.63) is 35.4 Å². The SMILES string of the molecule is NC(=O)NC1CCN(CC(O)c2c(F)cccc2F)CC1. The largest absolute Gasteiger partial charge is 0.387 e. The summed E-state index contributed by atoms with van der Waals surface area (Å²) in [6.45, 7) is 1.40. The van der Waals surface area contributed by atoms with E-state index in [2.05, 4.69) is 5.32 Å². The zero-order chi connectivity index (χ0) is 15.4. The second-order valence-corrected chi connectivity index (χ2v) is 5.23. The number of primary amides is 1. The summed E-state index contributed by atoms with van der Waals surface area (Å²) in [6, 6.07) is 2.99. The number of hydrogen-bond donors (Lipinski definition) is 3. The van der Waals surface area contributed by atoms with Crippen LogP contribution in [0.5, 0.6) is 0 Å². The van der Waals surface area contributed by atoms with Crippen molar-refractivity contribution in [3.63, 3.8) is 0 Å². The van der Waals surface area contributed by atoms with Gasteiger partial charge in [-0.3, -0.25) is 0 Å². The summed E-state index contributed by atoms with van der Waals surface area (Å²) in [5, 5.41) is 12.7. The Hall–Kier alpha value is -1.73. The van der Waals surface area contributed by atoms with E-state index in [4.69, 9.17) is 5.73 Å². The number of benzene rings is 1. The van der Waals surface area contributed by atoms with Crippen molar-refractivity contribution in [2.45, 2.75) is 25.0 Å². The second-order valence-electron chi connectivity index (χ2n) is 5.23. The molecule has 1 atom stereocenters. The zero-order valence-corrected chi connectivity index (χ0v) is 11.6. The van der Waals surface area contributed by atoms with E-state index in [1.165, 1.54) is 6.07 Å². The van der Waals surface area contributed by atoms with E-state index in [9.17, 15) is 18.7 Å². The number of amides is 2. The maximum atomic E-state index is 13.6. The van der Waals surface area contributed by atoms with Crippen LogP contribution in [0.2, 0.25) is 0 Å². The van der Waals surface area contributed by atoms with Crippen molar-refractivity contribution in [3.8, 4) is 0 Å². The molecule has 1 fully saturated rings. The van der Waals surface area contributed by atoms with Gasteiger partial charge in [-0.1, -0.05) is 6.07 Å². The fraction of sp³-hybridized carbons (Fsp3) is 0.500. The van der Waals surface area contributed by atoms with Crippen LogP contribution in [-0.2, 0) is 0 Å². The standard InChI is InChI=1S/C14H19F2N3O2/c15-10-2-1-3-11(16)13(10)12(20)8-19-6-4-9(5-7-19)18-14(17)21/h1-3,9,12,20H,4-8H2,(H3,17,18,21). The quantitative estimate of drug-likeness (QED) is 0.780. The van der Waals surface area contributed by atoms with Gasteiger partial charge in [0, 0.05) is 25.7 Å². The highest BCUT2D eigenvalue weighted by molar-refractivity contribution is 5.71. The van der Waals surface area contributed by atoms with Crippen LogP contribution < -0.4 is 11.1 Å². The first kappa shape index (κ1) is 15.7. The molecule has 1 aromatic rings. The van der Waals surface area contributed by atoms with Crippen molar-refractivity contribution >= 4 is 6.03 Å². The summed E-state index contributed by atoms with van der Waals surface area (Å²) >= 11 is 0. The molecule has 4 N–H and O–H groups in total. The monoisotopic (exact) mass is 299 g/mol. The first-order chi connectivity index (χ1) is 9.97. The van der Waals surface area contributed by atoms with Crippen LogP contribution in [0, 0.1) is 11.6 Å². The van der Waals surface area contributed by atoms with Crippen LogP contribution in [0.25, 0.3) is 0 Å². The highest BCUT2D eigenvalue weighted by Crippen LogP contribution is 2.22. The minimum atomic E-state index is -1.22. The minimum absolute atomic E-state index is 0.0149. The number of likely N-dealkylation sites (tertiary alicyclic amines) is 1. The Morgan fingerprint density at radius 1 is 1.38 bits per heavy atom. The number of nitrogens with two attached hydrogens (primary N) is 1. The Kier molecular flexibility index (Phi) is 5.08. The molecule has 1 unspecified atom stereocenters. The van der Waals surface area contributed by atoms with Gasteiger partial charge in [-0.25, -0.2) is 13.6 Å². The molecule has 1 heterocycles. The van der Waals surface area contributed by atoms with Gasteiger partial charge in [0.15, 0.2) is 0 Å². The van der Waals surface area contributed by atoms with Crippen molar-refractivity contribution in [2.75, 3.05) is 19.6 Å². The lowest BCUT2D eigenvalue weighted by molar-refractivity contribution is 0.0900. The lowest BCUT2D eigenvalue weighted by atomic mass is 10.0. The number of nitrogens with zero attached hydrogens (tertiary/aromatic N) is 1. The molecule has 116 valence electrons. The zero-order valence-electron chi connectivity index (χ0n) is 11.6. The van der Waals surface area contributed by atoms with Gasteiger partial charge in [-0.15, -0.1) is 0 Å². The summed E-state index contributed by atoms with van der Waals surface area (Å²) in [6.07, 6.45) is 0.164. The first-order valence-electron chi connectivity index (χ1n) is 6.87. The van der Waals surface area contributed by atoms with Gasteiger partial charge in [0.25, 0.3) is 0 Å². The molecule has 7 heteroatoms. The number of aliphatic hydroxyl groups is 1. The molecule has 2 amide bonds. The van der Waals surface area contributed by atoms with Crippen LogP contribution >= 0.6 is 0 Å². The molecule has 0 radical (unpaired) electrons. The highest BCUT2D eigenvalue weighted by atomic mass is 19.1. The fourth-order valence-corrected chi connectivity index (χ4v) is 2.63. The van der Waals surface area contributed by atoms with Crippen molar-refractivity contribution in [2.24, 2.45) is 5.73 Å². The molecular formula is C14H19F2N3O2. The maximum absolute atomic E-state index is 13.6. The van der Waals surface area contributed by atoms with Crippen LogP contribution in [0.3, 0.4) is 0 Å². The Morgan fingerprint density at radius 2 is 1.95 bits per heavy atom.